The van der Waals surface area contributed by atoms with Gasteiger partial charge in [-0.25, -0.2) is 0 Å². The number of pyridine rings is 2. The third-order valence-electron chi connectivity index (χ3n) is 11.7. The van der Waals surface area contributed by atoms with E-state index in [1.165, 1.54) is 0 Å². The first kappa shape index (κ1) is 53.1. The van der Waals surface area contributed by atoms with Gasteiger partial charge in [-0.05, 0) is 118 Å². The molecule has 394 valence electrons. The molecule has 0 spiro atoms. The quantitative estimate of drug-likeness (QED) is 0.0479. The van der Waals surface area contributed by atoms with Crippen molar-refractivity contribution < 1.29 is 66.3 Å². The van der Waals surface area contributed by atoms with Gasteiger partial charge in [-0.15, -0.1) is 0 Å². The normalized spacial score (nSPS) is 10.7. The van der Waals surface area contributed by atoms with Gasteiger partial charge in [0.25, 0.3) is 0 Å². The summed E-state index contributed by atoms with van der Waals surface area (Å²) in [4.78, 5) is 9.25. The van der Waals surface area contributed by atoms with E-state index in [0.717, 1.165) is 33.4 Å². The van der Waals surface area contributed by atoms with Gasteiger partial charge in [-0.1, -0.05) is 0 Å². The van der Waals surface area contributed by atoms with Gasteiger partial charge in [-0.3, -0.25) is 9.97 Å². The van der Waals surface area contributed by atoms with Crippen molar-refractivity contribution in [2.24, 2.45) is 0 Å². The molecule has 0 aliphatic heterocycles. The summed E-state index contributed by atoms with van der Waals surface area (Å²) in [6.45, 7) is 1.34. The molecule has 0 N–H and O–H groups in total. The molecule has 8 aromatic rings. The van der Waals surface area contributed by atoms with Crippen molar-refractivity contribution in [3.05, 3.63) is 179 Å². The van der Waals surface area contributed by atoms with Crippen molar-refractivity contribution >= 4 is 0 Å². The van der Waals surface area contributed by atoms with Crippen LogP contribution < -0.4 is 66.3 Å². The fourth-order valence-electron chi connectivity index (χ4n) is 7.84. The smallest absolute Gasteiger partial charge is 0.123 e. The van der Waals surface area contributed by atoms with Crippen LogP contribution in [-0.2, 0) is 39.6 Å². The van der Waals surface area contributed by atoms with E-state index >= 15 is 0 Å². The van der Waals surface area contributed by atoms with E-state index in [1.54, 1.807) is 81.4 Å². The van der Waals surface area contributed by atoms with Gasteiger partial charge in [0, 0.05) is 60.9 Å². The van der Waals surface area contributed by atoms with Gasteiger partial charge in [0.15, 0.2) is 0 Å². The minimum absolute atomic E-state index is 0.184. The molecule has 76 heavy (non-hydrogen) atoms. The highest BCUT2D eigenvalue weighted by molar-refractivity contribution is 5.58. The van der Waals surface area contributed by atoms with E-state index in [0.29, 0.717) is 91.9 Å². The van der Waals surface area contributed by atoms with Crippen LogP contribution in [0, 0.1) is 0 Å². The standard InChI is InChI=1S/C60H60N2O14/c1-63-47-13-39(14-48(25-47)64-2)35-73-55-21-43(22-56(29-55)74-36-40-15-49(65-3)26-50(16-40)66-4)33-71-45-9-11-61-59(31-45)60-32-46(10-12-62-60)72-34-44-23-57(75-37-41-17-51(67-5)27-52(18-41)68-6)30-58(24-44)76-38-42-19-53(69-7)28-54(20-42)70-8/h9-32H,33-38H2,1-8H3. The Labute approximate surface area is 442 Å². The summed E-state index contributed by atoms with van der Waals surface area (Å²) in [5.41, 5.74) is 6.22. The van der Waals surface area contributed by atoms with Crippen molar-refractivity contribution in [1.29, 1.82) is 0 Å². The van der Waals surface area contributed by atoms with Crippen LogP contribution in [0.4, 0.5) is 0 Å². The number of nitrogens with zero attached hydrogens (tertiary/aromatic N) is 2. The average Bonchev–Trinajstić information content (AvgIpc) is 3.47. The molecule has 16 nitrogen and oxygen atoms in total. The molecule has 0 aliphatic carbocycles. The van der Waals surface area contributed by atoms with Crippen molar-refractivity contribution in [2.75, 3.05) is 56.9 Å². The Morgan fingerprint density at radius 2 is 0.408 bits per heavy atom. The molecule has 0 amide bonds. The summed E-state index contributed by atoms with van der Waals surface area (Å²) in [6.07, 6.45) is 3.35. The lowest BCUT2D eigenvalue weighted by Gasteiger charge is -2.15. The summed E-state index contributed by atoms with van der Waals surface area (Å²) in [5, 5.41) is 0. The molecule has 8 rings (SSSR count). The maximum atomic E-state index is 6.39. The van der Waals surface area contributed by atoms with Crippen LogP contribution in [0.5, 0.6) is 80.5 Å². The van der Waals surface area contributed by atoms with Gasteiger partial charge in [-0.2, -0.15) is 0 Å². The summed E-state index contributed by atoms with van der Waals surface area (Å²) in [5.74, 6) is 8.69. The lowest BCUT2D eigenvalue weighted by atomic mass is 10.2. The van der Waals surface area contributed by atoms with Crippen LogP contribution in [0.1, 0.15) is 33.4 Å². The van der Waals surface area contributed by atoms with Gasteiger partial charge in [0.1, 0.15) is 120 Å². The number of benzene rings is 6. The first-order valence-corrected chi connectivity index (χ1v) is 24.0. The monoisotopic (exact) mass is 1030 g/mol. The van der Waals surface area contributed by atoms with Crippen LogP contribution in [0.3, 0.4) is 0 Å². The summed E-state index contributed by atoms with van der Waals surface area (Å²) >= 11 is 0. The topological polar surface area (TPSA) is 155 Å². The Hall–Kier alpha value is -9.18. The molecular weight excluding hydrogens is 973 g/mol. The van der Waals surface area contributed by atoms with E-state index < -0.39 is 0 Å². The van der Waals surface area contributed by atoms with E-state index in [2.05, 4.69) is 9.97 Å². The van der Waals surface area contributed by atoms with Crippen LogP contribution in [0.25, 0.3) is 11.4 Å². The highest BCUT2D eigenvalue weighted by atomic mass is 16.5. The Balaban J connectivity index is 0.972. The van der Waals surface area contributed by atoms with E-state index in [9.17, 15) is 0 Å². The lowest BCUT2D eigenvalue weighted by molar-refractivity contribution is 0.280. The average molecular weight is 1030 g/mol. The first-order chi connectivity index (χ1) is 37.1. The van der Waals surface area contributed by atoms with Crippen LogP contribution in [0.15, 0.2) is 146 Å². The Morgan fingerprint density at radius 3 is 0.618 bits per heavy atom. The molecule has 2 heterocycles. The highest BCUT2D eigenvalue weighted by Crippen LogP contribution is 2.33. The zero-order valence-electron chi connectivity index (χ0n) is 43.7. The molecule has 16 heteroatoms. The molecule has 6 aromatic carbocycles. The minimum Gasteiger partial charge on any atom is -0.497 e. The second-order valence-corrected chi connectivity index (χ2v) is 17.0. The molecule has 0 atom stereocenters. The number of hydrogen-bond acceptors (Lipinski definition) is 16. The number of rotatable bonds is 27. The van der Waals surface area contributed by atoms with Gasteiger partial charge >= 0.3 is 0 Å². The summed E-state index contributed by atoms with van der Waals surface area (Å²) < 4.78 is 81.9. The zero-order chi connectivity index (χ0) is 53.2. The highest BCUT2D eigenvalue weighted by Gasteiger charge is 2.14. The fraction of sp³-hybridized carbons (Fsp3) is 0.233. The predicted octanol–water partition coefficient (Wildman–Crippen LogP) is 11.7. The van der Waals surface area contributed by atoms with E-state index in [-0.39, 0.29) is 39.6 Å². The third kappa shape index (κ3) is 15.0. The van der Waals surface area contributed by atoms with E-state index in [1.807, 2.05) is 121 Å². The predicted molar refractivity (Wildman–Crippen MR) is 285 cm³/mol. The number of methoxy groups -OCH3 is 8. The molecule has 0 saturated carbocycles. The second-order valence-electron chi connectivity index (χ2n) is 17.0. The molecule has 0 radical (unpaired) electrons. The third-order valence-corrected chi connectivity index (χ3v) is 11.7. The Morgan fingerprint density at radius 1 is 0.224 bits per heavy atom. The van der Waals surface area contributed by atoms with Gasteiger partial charge in [0.05, 0.1) is 68.3 Å². The van der Waals surface area contributed by atoms with Crippen molar-refractivity contribution in [2.45, 2.75) is 39.6 Å². The van der Waals surface area contributed by atoms with Gasteiger partial charge in [0.2, 0.25) is 0 Å². The lowest BCUT2D eigenvalue weighted by Crippen LogP contribution is -2.03. The molecule has 0 aliphatic rings. The Kier molecular flexibility index (Phi) is 18.3. The second kappa shape index (κ2) is 26.2. The first-order valence-electron chi connectivity index (χ1n) is 24.0. The maximum Gasteiger partial charge on any atom is 0.123 e. The molecule has 0 fully saturated rings. The van der Waals surface area contributed by atoms with Crippen molar-refractivity contribution in [3.8, 4) is 91.9 Å². The van der Waals surface area contributed by atoms with Crippen LogP contribution >= 0.6 is 0 Å². The molecule has 2 aromatic heterocycles. The maximum absolute atomic E-state index is 6.39. The SMILES string of the molecule is COc1cc(COc2cc(COc3ccnc(-c4cc(OCc5cc(OCc6cc(OC)cc(OC)c6)cc(OCc6cc(OC)cc(OC)c6)c5)ccn4)c3)cc(OCc3cc(OC)cc(OC)c3)c2)cc(OC)c1. The number of aromatic nitrogens is 2. The van der Waals surface area contributed by atoms with Crippen molar-refractivity contribution in [3.63, 3.8) is 0 Å². The van der Waals surface area contributed by atoms with E-state index in [4.69, 9.17) is 66.3 Å². The number of ether oxygens (including phenoxy) is 14. The molecular formula is C60H60N2O14. The number of hydrogen-bond donors (Lipinski definition) is 0. The minimum atomic E-state index is 0.184. The largest absolute Gasteiger partial charge is 0.497 e. The summed E-state index contributed by atoms with van der Waals surface area (Å²) in [7, 11) is 12.9. The molecule has 0 saturated heterocycles. The zero-order valence-corrected chi connectivity index (χ0v) is 43.7. The van der Waals surface area contributed by atoms with Gasteiger partial charge < -0.3 is 66.3 Å². The van der Waals surface area contributed by atoms with Crippen LogP contribution in [0.2, 0.25) is 0 Å². The Bertz CT molecular complexity index is 2750. The summed E-state index contributed by atoms with van der Waals surface area (Å²) in [6, 6.07) is 41.0. The fourth-order valence-corrected chi connectivity index (χ4v) is 7.84. The van der Waals surface area contributed by atoms with Crippen molar-refractivity contribution in [1.82, 2.24) is 9.97 Å². The van der Waals surface area contributed by atoms with Crippen LogP contribution in [-0.4, -0.2) is 66.8 Å². The molecule has 0 bridgehead atoms. The molecule has 0 unspecified atom stereocenters.